The number of furan rings is 1. The van der Waals surface area contributed by atoms with E-state index in [2.05, 4.69) is 15.2 Å². The van der Waals surface area contributed by atoms with E-state index in [0.717, 1.165) is 30.0 Å². The Labute approximate surface area is 130 Å². The van der Waals surface area contributed by atoms with Crippen LogP contribution in [-0.2, 0) is 24.9 Å². The fraction of sp³-hybridized carbons (Fsp3) is 0.500. The maximum Gasteiger partial charge on any atom is 0.230 e. The van der Waals surface area contributed by atoms with E-state index in [-0.39, 0.29) is 17.9 Å². The second kappa shape index (κ2) is 5.96. The summed E-state index contributed by atoms with van der Waals surface area (Å²) in [5.41, 5.74) is 3.13. The molecule has 6 nitrogen and oxygen atoms in total. The minimum atomic E-state index is -0.189. The van der Waals surface area contributed by atoms with Gasteiger partial charge in [0, 0.05) is 38.3 Å². The summed E-state index contributed by atoms with van der Waals surface area (Å²) in [6.45, 7) is 6.17. The molecule has 0 saturated carbocycles. The molecule has 3 heterocycles. The molecule has 0 saturated heterocycles. The Hall–Kier alpha value is -2.08. The molecule has 118 valence electrons. The first-order chi connectivity index (χ1) is 10.5. The molecule has 1 aliphatic rings. The number of amides is 1. The lowest BCUT2D eigenvalue weighted by molar-refractivity contribution is -0.124. The highest BCUT2D eigenvalue weighted by molar-refractivity contribution is 5.84. The number of hydrogen-bond acceptors (Lipinski definition) is 4. The average Bonchev–Trinajstić information content (AvgIpc) is 3.08. The van der Waals surface area contributed by atoms with E-state index in [1.165, 1.54) is 0 Å². The van der Waals surface area contributed by atoms with Crippen LogP contribution in [0.4, 0.5) is 0 Å². The molecule has 0 spiro atoms. The van der Waals surface area contributed by atoms with Crippen molar-refractivity contribution in [3.63, 3.8) is 0 Å². The van der Waals surface area contributed by atoms with Gasteiger partial charge in [0.05, 0.1) is 36.2 Å². The maximum absolute atomic E-state index is 12.6. The zero-order chi connectivity index (χ0) is 15.7. The summed E-state index contributed by atoms with van der Waals surface area (Å²) < 4.78 is 7.10. The number of aryl methyl sites for hydroxylation is 1. The summed E-state index contributed by atoms with van der Waals surface area (Å²) in [7, 11) is 1.95. The van der Waals surface area contributed by atoms with E-state index >= 15 is 0 Å². The van der Waals surface area contributed by atoms with Crippen molar-refractivity contribution in [1.29, 1.82) is 0 Å². The van der Waals surface area contributed by atoms with Crippen LogP contribution in [0.1, 0.15) is 36.7 Å². The third-order valence-corrected chi connectivity index (χ3v) is 3.94. The van der Waals surface area contributed by atoms with Crippen LogP contribution in [0, 0.1) is 0 Å². The van der Waals surface area contributed by atoms with Crippen LogP contribution in [0.2, 0.25) is 0 Å². The Kier molecular flexibility index (Phi) is 4.02. The molecule has 0 radical (unpaired) electrons. The van der Waals surface area contributed by atoms with Gasteiger partial charge < -0.3 is 14.3 Å². The molecule has 2 aromatic heterocycles. The van der Waals surface area contributed by atoms with Crippen molar-refractivity contribution in [2.75, 3.05) is 6.54 Å². The Bertz CT molecular complexity index is 645. The molecule has 0 bridgehead atoms. The van der Waals surface area contributed by atoms with Gasteiger partial charge in [0.1, 0.15) is 0 Å². The highest BCUT2D eigenvalue weighted by atomic mass is 16.3. The number of aromatic nitrogens is 2. The molecule has 3 rings (SSSR count). The van der Waals surface area contributed by atoms with E-state index in [9.17, 15) is 4.79 Å². The minimum Gasteiger partial charge on any atom is -0.472 e. The molecule has 22 heavy (non-hydrogen) atoms. The van der Waals surface area contributed by atoms with Crippen molar-refractivity contribution in [3.8, 4) is 0 Å². The number of carbonyl (C=O) groups is 1. The van der Waals surface area contributed by atoms with Gasteiger partial charge in [-0.25, -0.2) is 4.98 Å². The van der Waals surface area contributed by atoms with Crippen LogP contribution in [0.25, 0.3) is 0 Å². The Morgan fingerprint density at radius 3 is 3.05 bits per heavy atom. The van der Waals surface area contributed by atoms with Gasteiger partial charge in [-0.2, -0.15) is 0 Å². The molecule has 1 aliphatic heterocycles. The second-order valence-electron chi connectivity index (χ2n) is 6.20. The summed E-state index contributed by atoms with van der Waals surface area (Å²) in [4.78, 5) is 19.3. The molecule has 0 unspecified atom stereocenters. The second-order valence-corrected chi connectivity index (χ2v) is 6.20. The van der Waals surface area contributed by atoms with Crippen LogP contribution in [0.5, 0.6) is 0 Å². The smallest absolute Gasteiger partial charge is 0.230 e. The number of nitrogens with zero attached hydrogens (tertiary/aromatic N) is 3. The first kappa shape index (κ1) is 14.8. The van der Waals surface area contributed by atoms with Gasteiger partial charge >= 0.3 is 0 Å². The van der Waals surface area contributed by atoms with E-state index in [1.807, 2.05) is 31.5 Å². The van der Waals surface area contributed by atoms with Gasteiger partial charge in [0.25, 0.3) is 0 Å². The molecule has 1 atom stereocenters. The van der Waals surface area contributed by atoms with E-state index in [1.54, 1.807) is 18.9 Å². The lowest BCUT2D eigenvalue weighted by Crippen LogP contribution is -2.43. The molecule has 1 N–H and O–H groups in total. The molecule has 2 aromatic rings. The predicted octanol–water partition coefficient (Wildman–Crippen LogP) is 1.64. The van der Waals surface area contributed by atoms with Crippen LogP contribution < -0.4 is 5.32 Å². The van der Waals surface area contributed by atoms with Gasteiger partial charge in [0.2, 0.25) is 5.91 Å². The molecular formula is C16H22N4O2. The third-order valence-electron chi connectivity index (χ3n) is 3.94. The van der Waals surface area contributed by atoms with Crippen molar-refractivity contribution >= 4 is 5.91 Å². The summed E-state index contributed by atoms with van der Waals surface area (Å²) in [5, 5.41) is 3.02. The maximum atomic E-state index is 12.6. The summed E-state index contributed by atoms with van der Waals surface area (Å²) in [6, 6.07) is 2.09. The van der Waals surface area contributed by atoms with E-state index in [4.69, 9.17) is 4.42 Å². The Balaban J connectivity index is 1.83. The quantitative estimate of drug-likeness (QED) is 0.932. The van der Waals surface area contributed by atoms with Crippen LogP contribution in [0.15, 0.2) is 29.3 Å². The highest BCUT2D eigenvalue weighted by Crippen LogP contribution is 2.28. The van der Waals surface area contributed by atoms with Gasteiger partial charge in [0.15, 0.2) is 0 Å². The van der Waals surface area contributed by atoms with Crippen molar-refractivity contribution < 1.29 is 9.21 Å². The van der Waals surface area contributed by atoms with E-state index < -0.39 is 0 Å². The number of fused-ring (bicyclic) bond motifs is 1. The van der Waals surface area contributed by atoms with Crippen LogP contribution >= 0.6 is 0 Å². The first-order valence-corrected chi connectivity index (χ1v) is 7.58. The topological polar surface area (TPSA) is 63.3 Å². The lowest BCUT2D eigenvalue weighted by Gasteiger charge is -2.32. The SMILES string of the molecule is CC(C)NC(=O)[C@H]1CN(Cc2ccoc2)Cc2ncn(C)c21. The Morgan fingerprint density at radius 2 is 2.36 bits per heavy atom. The van der Waals surface area contributed by atoms with Gasteiger partial charge in [-0.1, -0.05) is 0 Å². The van der Waals surface area contributed by atoms with Gasteiger partial charge in [-0.05, 0) is 19.9 Å². The number of hydrogen-bond donors (Lipinski definition) is 1. The molecule has 0 fully saturated rings. The summed E-state index contributed by atoms with van der Waals surface area (Å²) in [5.74, 6) is -0.123. The zero-order valence-corrected chi connectivity index (χ0v) is 13.2. The number of nitrogens with one attached hydrogen (secondary N) is 1. The standard InChI is InChI=1S/C16H22N4O2/c1-11(2)18-16(21)13-7-20(6-12-4-5-22-9-12)8-14-15(13)19(3)10-17-14/h4-5,9-11,13H,6-8H2,1-3H3,(H,18,21)/t13-/m0/s1. The van der Waals surface area contributed by atoms with Crippen molar-refractivity contribution in [2.45, 2.75) is 38.9 Å². The molecule has 0 aliphatic carbocycles. The number of carbonyl (C=O) groups excluding carboxylic acids is 1. The largest absolute Gasteiger partial charge is 0.472 e. The lowest BCUT2D eigenvalue weighted by atomic mass is 9.96. The van der Waals surface area contributed by atoms with Crippen LogP contribution in [0.3, 0.4) is 0 Å². The molecule has 0 aromatic carbocycles. The fourth-order valence-electron chi connectivity index (χ4n) is 3.03. The number of rotatable bonds is 4. The van der Waals surface area contributed by atoms with Gasteiger partial charge in [-0.15, -0.1) is 0 Å². The predicted molar refractivity (Wildman–Crippen MR) is 82.0 cm³/mol. The fourth-order valence-corrected chi connectivity index (χ4v) is 3.03. The molecule has 1 amide bonds. The van der Waals surface area contributed by atoms with Crippen molar-refractivity contribution in [2.24, 2.45) is 7.05 Å². The zero-order valence-electron chi connectivity index (χ0n) is 13.2. The molecular weight excluding hydrogens is 280 g/mol. The average molecular weight is 302 g/mol. The third kappa shape index (κ3) is 2.92. The molecule has 6 heteroatoms. The first-order valence-electron chi connectivity index (χ1n) is 7.58. The summed E-state index contributed by atoms with van der Waals surface area (Å²) in [6.07, 6.45) is 5.22. The Morgan fingerprint density at radius 1 is 1.55 bits per heavy atom. The normalized spacial score (nSPS) is 18.5. The van der Waals surface area contributed by atoms with Crippen molar-refractivity contribution in [3.05, 3.63) is 41.9 Å². The monoisotopic (exact) mass is 302 g/mol. The number of imidazole rings is 1. The van der Waals surface area contributed by atoms with Gasteiger partial charge in [-0.3, -0.25) is 9.69 Å². The summed E-state index contributed by atoms with van der Waals surface area (Å²) >= 11 is 0. The van der Waals surface area contributed by atoms with E-state index in [0.29, 0.717) is 6.54 Å². The van der Waals surface area contributed by atoms with Crippen LogP contribution in [-0.4, -0.2) is 32.9 Å². The minimum absolute atomic E-state index is 0.0664. The highest BCUT2D eigenvalue weighted by Gasteiger charge is 2.34. The van der Waals surface area contributed by atoms with Crippen molar-refractivity contribution in [1.82, 2.24) is 19.8 Å².